The van der Waals surface area contributed by atoms with Crippen molar-refractivity contribution in [2.75, 3.05) is 13.2 Å². The van der Waals surface area contributed by atoms with Gasteiger partial charge in [-0.1, -0.05) is 54.6 Å². The van der Waals surface area contributed by atoms with Crippen molar-refractivity contribution in [3.05, 3.63) is 71.3 Å². The summed E-state index contributed by atoms with van der Waals surface area (Å²) in [7, 11) is 0. The van der Waals surface area contributed by atoms with Gasteiger partial charge in [0.05, 0.1) is 0 Å². The van der Waals surface area contributed by atoms with Crippen LogP contribution >= 0.6 is 0 Å². The second kappa shape index (κ2) is 9.76. The highest BCUT2D eigenvalue weighted by Crippen LogP contribution is 2.44. The number of carbonyl (C=O) groups is 3. The van der Waals surface area contributed by atoms with Crippen LogP contribution in [0.5, 0.6) is 0 Å². The number of amides is 2. The maximum absolute atomic E-state index is 12.7. The average molecular weight is 462 g/mol. The van der Waals surface area contributed by atoms with E-state index in [9.17, 15) is 27.6 Å². The summed E-state index contributed by atoms with van der Waals surface area (Å²) >= 11 is 0. The van der Waals surface area contributed by atoms with Crippen molar-refractivity contribution in [2.45, 2.75) is 25.1 Å². The molecule has 33 heavy (non-hydrogen) atoms. The smallest absolute Gasteiger partial charge is 0.419 e. The Hall–Kier alpha value is -3.82. The van der Waals surface area contributed by atoms with Crippen molar-refractivity contribution in [1.29, 1.82) is 0 Å². The van der Waals surface area contributed by atoms with Gasteiger partial charge < -0.3 is 20.5 Å². The number of hydrogen-bond donors (Lipinski definition) is 3. The molecule has 0 heterocycles. The van der Waals surface area contributed by atoms with Gasteiger partial charge in [-0.2, -0.15) is 13.2 Å². The number of carbonyl (C=O) groups excluding carboxylic acids is 2. The first-order valence-electron chi connectivity index (χ1n) is 9.95. The highest BCUT2D eigenvalue weighted by Gasteiger charge is 2.46. The minimum absolute atomic E-state index is 0.0783. The van der Waals surface area contributed by atoms with Crippen LogP contribution in [0.2, 0.25) is 0 Å². The number of benzene rings is 2. The van der Waals surface area contributed by atoms with Gasteiger partial charge in [-0.15, -0.1) is 0 Å². The molecule has 0 radical (unpaired) electrons. The van der Waals surface area contributed by atoms with E-state index in [0.717, 1.165) is 28.3 Å². The van der Waals surface area contributed by atoms with Gasteiger partial charge in [0.1, 0.15) is 6.61 Å². The molecule has 1 atom stereocenters. The topological polar surface area (TPSA) is 105 Å². The normalized spacial score (nSPS) is 14.1. The number of halogens is 3. The van der Waals surface area contributed by atoms with Crippen LogP contribution in [0.4, 0.5) is 18.0 Å². The Kier molecular flexibility index (Phi) is 7.05. The summed E-state index contributed by atoms with van der Waals surface area (Å²) in [6, 6.07) is 12.6. The molecule has 2 aromatic carbocycles. The maximum atomic E-state index is 12.7. The number of carboxylic acid groups (broad SMARTS) is 1. The van der Waals surface area contributed by atoms with Crippen LogP contribution in [0.15, 0.2) is 60.2 Å². The zero-order chi connectivity index (χ0) is 24.2. The molecule has 1 aliphatic carbocycles. The van der Waals surface area contributed by atoms with Gasteiger partial charge >= 0.3 is 18.2 Å². The number of carboxylic acids is 1. The van der Waals surface area contributed by atoms with Gasteiger partial charge in [0, 0.05) is 18.0 Å². The maximum Gasteiger partial charge on any atom is 0.419 e. The molecule has 0 saturated heterocycles. The third-order valence-electron chi connectivity index (χ3n) is 5.21. The lowest BCUT2D eigenvalue weighted by Crippen LogP contribution is -2.50. The summed E-state index contributed by atoms with van der Waals surface area (Å²) < 4.78 is 43.3. The van der Waals surface area contributed by atoms with E-state index < -0.39 is 30.2 Å². The lowest BCUT2D eigenvalue weighted by atomic mass is 9.98. The number of ether oxygens (including phenoxy) is 1. The van der Waals surface area contributed by atoms with Gasteiger partial charge in [0.2, 0.25) is 11.9 Å². The van der Waals surface area contributed by atoms with Gasteiger partial charge in [-0.25, -0.2) is 9.59 Å². The number of nitrogens with one attached hydrogen (secondary N) is 2. The Morgan fingerprint density at radius 2 is 1.61 bits per heavy atom. The van der Waals surface area contributed by atoms with Crippen LogP contribution in [0, 0.1) is 0 Å². The molecule has 3 N–H and O–H groups in total. The first-order chi connectivity index (χ1) is 15.6. The van der Waals surface area contributed by atoms with E-state index in [1.807, 2.05) is 48.5 Å². The number of rotatable bonds is 7. The van der Waals surface area contributed by atoms with E-state index in [0.29, 0.717) is 0 Å². The summed E-state index contributed by atoms with van der Waals surface area (Å²) in [4.78, 5) is 34.6. The van der Waals surface area contributed by atoms with Gasteiger partial charge in [0.25, 0.3) is 0 Å². The molecule has 174 valence electrons. The summed E-state index contributed by atoms with van der Waals surface area (Å²) in [6.45, 7) is 1.08. The Labute approximate surface area is 187 Å². The van der Waals surface area contributed by atoms with E-state index in [1.165, 1.54) is 12.2 Å². The molecule has 0 fully saturated rings. The van der Waals surface area contributed by atoms with E-state index >= 15 is 0 Å². The third-order valence-corrected chi connectivity index (χ3v) is 5.21. The highest BCUT2D eigenvalue weighted by atomic mass is 19.4. The zero-order valence-electron chi connectivity index (χ0n) is 17.5. The van der Waals surface area contributed by atoms with Crippen molar-refractivity contribution in [3.8, 4) is 11.1 Å². The number of aliphatic carboxylic acids is 1. The Morgan fingerprint density at radius 1 is 1.06 bits per heavy atom. The molecule has 10 heteroatoms. The first-order valence-corrected chi connectivity index (χ1v) is 9.95. The molecule has 0 saturated carbocycles. The lowest BCUT2D eigenvalue weighted by molar-refractivity contribution is -0.181. The monoisotopic (exact) mass is 462 g/mol. The SMILES string of the molecule is C/C(=C\CNC(=O)OCC1c2ccccc2-c2ccccc21)C(=O)NC(C(=O)O)C(F)(F)F. The van der Waals surface area contributed by atoms with Crippen LogP contribution in [-0.2, 0) is 14.3 Å². The van der Waals surface area contributed by atoms with Crippen molar-refractivity contribution in [2.24, 2.45) is 0 Å². The molecule has 0 spiro atoms. The van der Waals surface area contributed by atoms with Crippen LogP contribution < -0.4 is 10.6 Å². The summed E-state index contributed by atoms with van der Waals surface area (Å²) in [5, 5.41) is 12.4. The predicted octanol–water partition coefficient (Wildman–Crippen LogP) is 3.60. The molecule has 1 aliphatic rings. The lowest BCUT2D eigenvalue weighted by Gasteiger charge is -2.17. The molecule has 3 rings (SSSR count). The third kappa shape index (κ3) is 5.51. The fraction of sp³-hybridized carbons (Fsp3) is 0.261. The predicted molar refractivity (Wildman–Crippen MR) is 112 cm³/mol. The average Bonchev–Trinajstić information content (AvgIpc) is 3.08. The second-order valence-electron chi connectivity index (χ2n) is 7.38. The highest BCUT2D eigenvalue weighted by molar-refractivity contribution is 5.95. The van der Waals surface area contributed by atoms with E-state index in [2.05, 4.69) is 5.32 Å². The molecule has 0 bridgehead atoms. The van der Waals surface area contributed by atoms with Crippen molar-refractivity contribution in [1.82, 2.24) is 10.6 Å². The largest absolute Gasteiger partial charge is 0.479 e. The van der Waals surface area contributed by atoms with Gasteiger partial charge in [-0.05, 0) is 29.2 Å². The van der Waals surface area contributed by atoms with Crippen molar-refractivity contribution < 1.29 is 37.4 Å². The van der Waals surface area contributed by atoms with Gasteiger partial charge in [-0.3, -0.25) is 4.79 Å². The van der Waals surface area contributed by atoms with E-state index in [4.69, 9.17) is 9.84 Å². The Bertz CT molecular complexity index is 1050. The first kappa shape index (κ1) is 23.8. The molecular formula is C23H21F3N2O5. The van der Waals surface area contributed by atoms with Crippen molar-refractivity contribution >= 4 is 18.0 Å². The number of alkyl carbamates (subject to hydrolysis) is 1. The number of hydrogen-bond acceptors (Lipinski definition) is 4. The molecule has 0 aliphatic heterocycles. The molecule has 7 nitrogen and oxygen atoms in total. The molecule has 0 aromatic heterocycles. The molecular weight excluding hydrogens is 441 g/mol. The standard InChI is InChI=1S/C23H21F3N2O5/c1-13(20(29)28-19(21(30)31)23(24,25)26)10-11-27-22(32)33-12-18-16-8-4-2-6-14(16)15-7-3-5-9-17(15)18/h2-10,18-19H,11-12H2,1H3,(H,27,32)(H,28,29)(H,30,31)/b13-10+. The molecule has 2 amide bonds. The number of fused-ring (bicyclic) bond motifs is 3. The fourth-order valence-corrected chi connectivity index (χ4v) is 3.56. The fourth-order valence-electron chi connectivity index (χ4n) is 3.56. The van der Waals surface area contributed by atoms with E-state index in [1.54, 1.807) is 0 Å². The Balaban J connectivity index is 1.53. The summed E-state index contributed by atoms with van der Waals surface area (Å²) in [5.74, 6) is -3.57. The van der Waals surface area contributed by atoms with Crippen LogP contribution in [0.1, 0.15) is 24.0 Å². The van der Waals surface area contributed by atoms with Crippen LogP contribution in [0.3, 0.4) is 0 Å². The second-order valence-corrected chi connectivity index (χ2v) is 7.38. The number of alkyl halides is 3. The minimum atomic E-state index is -5.14. The summed E-state index contributed by atoms with van der Waals surface area (Å²) in [5.41, 5.74) is 4.04. The minimum Gasteiger partial charge on any atom is -0.479 e. The quantitative estimate of drug-likeness (QED) is 0.546. The molecule has 1 unspecified atom stereocenters. The zero-order valence-corrected chi connectivity index (χ0v) is 17.5. The van der Waals surface area contributed by atoms with Crippen LogP contribution in [0.25, 0.3) is 11.1 Å². The van der Waals surface area contributed by atoms with Crippen molar-refractivity contribution in [3.63, 3.8) is 0 Å². The van der Waals surface area contributed by atoms with E-state index in [-0.39, 0.29) is 24.6 Å². The Morgan fingerprint density at radius 3 is 2.12 bits per heavy atom. The molecule has 2 aromatic rings. The summed E-state index contributed by atoms with van der Waals surface area (Å²) in [6.07, 6.45) is -4.74. The van der Waals surface area contributed by atoms with Gasteiger partial charge in [0.15, 0.2) is 0 Å². The van der Waals surface area contributed by atoms with Crippen LogP contribution in [-0.4, -0.2) is 48.4 Å².